The lowest BCUT2D eigenvalue weighted by Crippen LogP contribution is -2.51. The fourth-order valence-corrected chi connectivity index (χ4v) is 3.25. The maximum atomic E-state index is 10.9. The average Bonchev–Trinajstić information content (AvgIpc) is 2.64. The van der Waals surface area contributed by atoms with E-state index >= 15 is 0 Å². The molecule has 4 nitrogen and oxygen atoms in total. The lowest BCUT2D eigenvalue weighted by atomic mass is 10.1. The quantitative estimate of drug-likeness (QED) is 0.735. The van der Waals surface area contributed by atoms with Crippen LogP contribution in [-0.4, -0.2) is 48.6 Å². The van der Waals surface area contributed by atoms with E-state index in [0.29, 0.717) is 6.54 Å². The van der Waals surface area contributed by atoms with E-state index in [1.54, 1.807) is 0 Å². The summed E-state index contributed by atoms with van der Waals surface area (Å²) in [6, 6.07) is 17.9. The standard InChI is InChI=1S/C21H30N2O2/c1-4-22(18-11-7-6-8-12-18)15-21(25)20(16-24)23(5-2)19-13-9-10-17(3)14-19/h6-14,20-21,24-25H,4-5,15-16H2,1-3H3. The van der Waals surface area contributed by atoms with Crippen molar-refractivity contribution in [3.63, 3.8) is 0 Å². The zero-order chi connectivity index (χ0) is 18.2. The third-order valence-corrected chi connectivity index (χ3v) is 4.62. The van der Waals surface area contributed by atoms with Crippen molar-refractivity contribution in [2.24, 2.45) is 0 Å². The van der Waals surface area contributed by atoms with Crippen LogP contribution in [0.2, 0.25) is 0 Å². The molecule has 0 aromatic heterocycles. The molecule has 2 atom stereocenters. The number of hydrogen-bond acceptors (Lipinski definition) is 4. The Morgan fingerprint density at radius 1 is 0.920 bits per heavy atom. The monoisotopic (exact) mass is 342 g/mol. The first kappa shape index (κ1) is 19.3. The van der Waals surface area contributed by atoms with Crippen LogP contribution in [0, 0.1) is 6.92 Å². The van der Waals surface area contributed by atoms with E-state index in [4.69, 9.17) is 0 Å². The lowest BCUT2D eigenvalue weighted by Gasteiger charge is -2.37. The molecule has 0 amide bonds. The van der Waals surface area contributed by atoms with Crippen LogP contribution in [-0.2, 0) is 0 Å². The van der Waals surface area contributed by atoms with Gasteiger partial charge in [0.05, 0.1) is 18.8 Å². The van der Waals surface area contributed by atoms with Crippen LogP contribution in [0.15, 0.2) is 54.6 Å². The number of aliphatic hydroxyl groups excluding tert-OH is 2. The van der Waals surface area contributed by atoms with E-state index in [1.165, 1.54) is 5.56 Å². The van der Waals surface area contributed by atoms with Gasteiger partial charge in [-0.05, 0) is 50.6 Å². The molecule has 0 saturated carbocycles. The molecular formula is C21H30N2O2. The lowest BCUT2D eigenvalue weighted by molar-refractivity contribution is 0.109. The highest BCUT2D eigenvalue weighted by molar-refractivity contribution is 5.50. The van der Waals surface area contributed by atoms with Crippen molar-refractivity contribution in [3.8, 4) is 0 Å². The van der Waals surface area contributed by atoms with Gasteiger partial charge in [-0.1, -0.05) is 30.3 Å². The number of benzene rings is 2. The normalized spacial score (nSPS) is 13.3. The van der Waals surface area contributed by atoms with Crippen LogP contribution in [0.25, 0.3) is 0 Å². The number of anilines is 2. The average molecular weight is 342 g/mol. The van der Waals surface area contributed by atoms with Crippen LogP contribution in [0.1, 0.15) is 19.4 Å². The molecule has 0 spiro atoms. The minimum atomic E-state index is -0.661. The largest absolute Gasteiger partial charge is 0.394 e. The second-order valence-corrected chi connectivity index (χ2v) is 6.32. The van der Waals surface area contributed by atoms with Crippen molar-refractivity contribution in [1.82, 2.24) is 0 Å². The Bertz CT molecular complexity index is 633. The number of hydrogen-bond donors (Lipinski definition) is 2. The first-order valence-corrected chi connectivity index (χ1v) is 9.02. The fraction of sp³-hybridized carbons (Fsp3) is 0.429. The Kier molecular flexibility index (Phi) is 7.29. The molecule has 25 heavy (non-hydrogen) atoms. The van der Waals surface area contributed by atoms with Gasteiger partial charge in [-0.2, -0.15) is 0 Å². The van der Waals surface area contributed by atoms with Gasteiger partial charge < -0.3 is 20.0 Å². The Morgan fingerprint density at radius 3 is 2.16 bits per heavy atom. The summed E-state index contributed by atoms with van der Waals surface area (Å²) >= 11 is 0. The van der Waals surface area contributed by atoms with Crippen LogP contribution in [0.3, 0.4) is 0 Å². The Hall–Kier alpha value is -2.04. The molecule has 0 fully saturated rings. The van der Waals surface area contributed by atoms with Crippen molar-refractivity contribution in [2.45, 2.75) is 32.9 Å². The van der Waals surface area contributed by atoms with Crippen molar-refractivity contribution < 1.29 is 10.2 Å². The highest BCUT2D eigenvalue weighted by atomic mass is 16.3. The van der Waals surface area contributed by atoms with E-state index in [-0.39, 0.29) is 12.6 Å². The third kappa shape index (κ3) is 4.97. The highest BCUT2D eigenvalue weighted by Gasteiger charge is 2.26. The van der Waals surface area contributed by atoms with Gasteiger partial charge in [0.1, 0.15) is 0 Å². The summed E-state index contributed by atoms with van der Waals surface area (Å²) in [5.74, 6) is 0. The summed E-state index contributed by atoms with van der Waals surface area (Å²) in [5, 5.41) is 20.8. The Labute approximate surface area is 151 Å². The number of aryl methyl sites for hydroxylation is 1. The topological polar surface area (TPSA) is 46.9 Å². The summed E-state index contributed by atoms with van der Waals surface area (Å²) < 4.78 is 0. The predicted molar refractivity (Wildman–Crippen MR) is 105 cm³/mol. The zero-order valence-electron chi connectivity index (χ0n) is 15.5. The number of para-hydroxylation sites is 1. The van der Waals surface area contributed by atoms with E-state index in [1.807, 2.05) is 49.4 Å². The molecule has 0 saturated heterocycles. The Balaban J connectivity index is 2.17. The summed E-state index contributed by atoms with van der Waals surface area (Å²) in [4.78, 5) is 4.22. The first-order chi connectivity index (χ1) is 12.1. The molecule has 0 aliphatic heterocycles. The van der Waals surface area contributed by atoms with Crippen LogP contribution < -0.4 is 9.80 Å². The van der Waals surface area contributed by atoms with Crippen LogP contribution in [0.4, 0.5) is 11.4 Å². The van der Waals surface area contributed by atoms with Gasteiger partial charge >= 0.3 is 0 Å². The second-order valence-electron chi connectivity index (χ2n) is 6.32. The molecule has 4 heteroatoms. The molecule has 2 rings (SSSR count). The van der Waals surface area contributed by atoms with Crippen LogP contribution in [0.5, 0.6) is 0 Å². The number of aliphatic hydroxyl groups is 2. The summed E-state index contributed by atoms with van der Waals surface area (Å²) in [7, 11) is 0. The fourth-order valence-electron chi connectivity index (χ4n) is 3.25. The number of rotatable bonds is 9. The molecule has 2 unspecified atom stereocenters. The van der Waals surface area contributed by atoms with Gasteiger partial charge in [0.15, 0.2) is 0 Å². The molecule has 136 valence electrons. The van der Waals surface area contributed by atoms with Gasteiger partial charge in [-0.15, -0.1) is 0 Å². The molecule has 2 aromatic carbocycles. The summed E-state index contributed by atoms with van der Waals surface area (Å²) in [6.07, 6.45) is -0.661. The number of likely N-dealkylation sites (N-methyl/N-ethyl adjacent to an activating group) is 2. The smallest absolute Gasteiger partial charge is 0.0940 e. The van der Waals surface area contributed by atoms with E-state index in [2.05, 4.69) is 35.8 Å². The minimum absolute atomic E-state index is 0.0880. The molecule has 0 heterocycles. The molecule has 2 aromatic rings. The molecule has 0 aliphatic rings. The van der Waals surface area contributed by atoms with Gasteiger partial charge in [0.2, 0.25) is 0 Å². The zero-order valence-corrected chi connectivity index (χ0v) is 15.5. The van der Waals surface area contributed by atoms with Crippen molar-refractivity contribution >= 4 is 11.4 Å². The first-order valence-electron chi connectivity index (χ1n) is 9.02. The maximum Gasteiger partial charge on any atom is 0.0940 e. The summed E-state index contributed by atoms with van der Waals surface area (Å²) in [6.45, 7) is 8.09. The third-order valence-electron chi connectivity index (χ3n) is 4.62. The van der Waals surface area contributed by atoms with Gasteiger partial charge in [-0.3, -0.25) is 0 Å². The van der Waals surface area contributed by atoms with Gasteiger partial charge in [0, 0.05) is 31.0 Å². The van der Waals surface area contributed by atoms with Crippen molar-refractivity contribution in [1.29, 1.82) is 0 Å². The van der Waals surface area contributed by atoms with Crippen molar-refractivity contribution in [2.75, 3.05) is 36.0 Å². The molecule has 0 radical (unpaired) electrons. The number of nitrogens with zero attached hydrogens (tertiary/aromatic N) is 2. The van der Waals surface area contributed by atoms with E-state index in [0.717, 1.165) is 24.5 Å². The van der Waals surface area contributed by atoms with Crippen LogP contribution >= 0.6 is 0 Å². The minimum Gasteiger partial charge on any atom is -0.394 e. The Morgan fingerprint density at radius 2 is 1.60 bits per heavy atom. The molecule has 0 bridgehead atoms. The molecule has 2 N–H and O–H groups in total. The highest BCUT2D eigenvalue weighted by Crippen LogP contribution is 2.21. The molecular weight excluding hydrogens is 312 g/mol. The second kappa shape index (κ2) is 9.44. The predicted octanol–water partition coefficient (Wildman–Crippen LogP) is 3.07. The van der Waals surface area contributed by atoms with E-state index < -0.39 is 6.10 Å². The molecule has 0 aliphatic carbocycles. The SMILES string of the molecule is CCN(CC(O)C(CO)N(CC)c1cccc(C)c1)c1ccccc1. The maximum absolute atomic E-state index is 10.9. The van der Waals surface area contributed by atoms with Gasteiger partial charge in [-0.25, -0.2) is 0 Å². The van der Waals surface area contributed by atoms with E-state index in [9.17, 15) is 10.2 Å². The van der Waals surface area contributed by atoms with Gasteiger partial charge in [0.25, 0.3) is 0 Å². The van der Waals surface area contributed by atoms with Crippen molar-refractivity contribution in [3.05, 3.63) is 60.2 Å². The summed E-state index contributed by atoms with van der Waals surface area (Å²) in [5.41, 5.74) is 3.28.